The maximum absolute atomic E-state index is 12.2. The zero-order chi connectivity index (χ0) is 15.6. The lowest BCUT2D eigenvalue weighted by atomic mass is 10.0. The third-order valence-electron chi connectivity index (χ3n) is 3.11. The first-order chi connectivity index (χ1) is 9.88. The topological polar surface area (TPSA) is 26.3 Å². The van der Waals surface area contributed by atoms with Crippen LogP contribution in [0.3, 0.4) is 0 Å². The molecule has 2 aromatic rings. The normalized spacial score (nSPS) is 11.0. The Morgan fingerprint density at radius 1 is 1.29 bits per heavy atom. The maximum Gasteiger partial charge on any atom is 0.202 e. The molecule has 1 aromatic carbocycles. The third-order valence-corrected chi connectivity index (χ3v) is 5.45. The van der Waals surface area contributed by atoms with Crippen LogP contribution in [-0.2, 0) is 0 Å². The SMILES string of the molecule is Cc1ccc(C(C)C)c(OCC(=O)c2cc(Br)sc2Br)c1. The lowest BCUT2D eigenvalue weighted by Crippen LogP contribution is -2.12. The minimum atomic E-state index is -0.0277. The molecule has 0 atom stereocenters. The van der Waals surface area contributed by atoms with Gasteiger partial charge in [0.05, 0.1) is 7.57 Å². The van der Waals surface area contributed by atoms with Crippen LogP contribution in [0.1, 0.15) is 41.3 Å². The van der Waals surface area contributed by atoms with E-state index in [2.05, 4.69) is 57.8 Å². The number of rotatable bonds is 5. The van der Waals surface area contributed by atoms with Gasteiger partial charge in [0, 0.05) is 5.56 Å². The number of halogens is 2. The number of benzene rings is 1. The van der Waals surface area contributed by atoms with Gasteiger partial charge in [-0.2, -0.15) is 0 Å². The molecule has 0 aliphatic carbocycles. The van der Waals surface area contributed by atoms with Gasteiger partial charge in [-0.25, -0.2) is 0 Å². The van der Waals surface area contributed by atoms with Crippen molar-refractivity contribution in [3.8, 4) is 5.75 Å². The highest BCUT2D eigenvalue weighted by molar-refractivity contribution is 9.12. The molecule has 5 heteroatoms. The van der Waals surface area contributed by atoms with E-state index < -0.39 is 0 Å². The van der Waals surface area contributed by atoms with Crippen LogP contribution in [0.5, 0.6) is 5.75 Å². The predicted molar refractivity (Wildman–Crippen MR) is 94.8 cm³/mol. The number of aryl methyl sites for hydroxylation is 1. The minimum Gasteiger partial charge on any atom is -0.485 e. The van der Waals surface area contributed by atoms with Crippen LogP contribution >= 0.6 is 43.2 Å². The van der Waals surface area contributed by atoms with Gasteiger partial charge in [-0.05, 0) is 68.0 Å². The Morgan fingerprint density at radius 3 is 2.57 bits per heavy atom. The average Bonchev–Trinajstić information content (AvgIpc) is 2.74. The van der Waals surface area contributed by atoms with E-state index in [4.69, 9.17) is 4.74 Å². The first-order valence-corrected chi connectivity index (χ1v) is 9.00. The van der Waals surface area contributed by atoms with E-state index in [1.165, 1.54) is 11.3 Å². The largest absolute Gasteiger partial charge is 0.485 e. The van der Waals surface area contributed by atoms with Gasteiger partial charge in [0.25, 0.3) is 0 Å². The fourth-order valence-electron chi connectivity index (χ4n) is 1.99. The average molecular weight is 432 g/mol. The Morgan fingerprint density at radius 2 is 2.00 bits per heavy atom. The summed E-state index contributed by atoms with van der Waals surface area (Å²) in [4.78, 5) is 12.2. The standard InChI is InChI=1S/C16H16Br2O2S/c1-9(2)11-5-4-10(3)6-14(11)20-8-13(19)12-7-15(17)21-16(12)18/h4-7,9H,8H2,1-3H3. The number of carbonyl (C=O) groups excluding carboxylic acids is 1. The van der Waals surface area contributed by atoms with E-state index in [1.807, 2.05) is 19.1 Å². The number of ketones is 1. The van der Waals surface area contributed by atoms with E-state index in [9.17, 15) is 4.79 Å². The molecule has 21 heavy (non-hydrogen) atoms. The van der Waals surface area contributed by atoms with Gasteiger partial charge < -0.3 is 4.74 Å². The molecule has 0 radical (unpaired) electrons. The molecule has 0 spiro atoms. The highest BCUT2D eigenvalue weighted by Gasteiger charge is 2.16. The molecule has 0 bridgehead atoms. The van der Waals surface area contributed by atoms with Crippen LogP contribution in [0.2, 0.25) is 0 Å². The molecule has 112 valence electrons. The van der Waals surface area contributed by atoms with E-state index in [1.54, 1.807) is 0 Å². The Kier molecular flexibility index (Phi) is 5.63. The zero-order valence-electron chi connectivity index (χ0n) is 12.1. The maximum atomic E-state index is 12.2. The summed E-state index contributed by atoms with van der Waals surface area (Å²) in [6, 6.07) is 7.94. The van der Waals surface area contributed by atoms with Crippen LogP contribution in [0, 0.1) is 6.92 Å². The van der Waals surface area contributed by atoms with Gasteiger partial charge in [-0.15, -0.1) is 11.3 Å². The molecule has 1 heterocycles. The number of Topliss-reactive ketones (excluding diaryl/α,β-unsaturated/α-hetero) is 1. The highest BCUT2D eigenvalue weighted by atomic mass is 79.9. The van der Waals surface area contributed by atoms with Crippen molar-refractivity contribution in [1.29, 1.82) is 0 Å². The van der Waals surface area contributed by atoms with E-state index >= 15 is 0 Å². The lowest BCUT2D eigenvalue weighted by molar-refractivity contribution is 0.0920. The molecular formula is C16H16Br2O2S. The summed E-state index contributed by atoms with van der Waals surface area (Å²) in [5, 5.41) is 0. The number of thiophene rings is 1. The van der Waals surface area contributed by atoms with Crippen molar-refractivity contribution in [1.82, 2.24) is 0 Å². The number of hydrogen-bond donors (Lipinski definition) is 0. The fraction of sp³-hybridized carbons (Fsp3) is 0.312. The second-order valence-electron chi connectivity index (χ2n) is 5.15. The van der Waals surface area contributed by atoms with Crippen LogP contribution in [-0.4, -0.2) is 12.4 Å². The summed E-state index contributed by atoms with van der Waals surface area (Å²) < 4.78 is 7.54. The van der Waals surface area contributed by atoms with E-state index in [0.717, 1.165) is 24.4 Å². The number of carbonyl (C=O) groups is 1. The molecule has 1 aromatic heterocycles. The Balaban J connectivity index is 2.14. The molecule has 0 fully saturated rings. The quantitative estimate of drug-likeness (QED) is 0.545. The molecule has 0 amide bonds. The van der Waals surface area contributed by atoms with E-state index in [0.29, 0.717) is 11.5 Å². The smallest absolute Gasteiger partial charge is 0.202 e. The molecule has 0 saturated heterocycles. The summed E-state index contributed by atoms with van der Waals surface area (Å²) in [6.45, 7) is 6.30. The molecule has 2 rings (SSSR count). The second kappa shape index (κ2) is 7.07. The monoisotopic (exact) mass is 430 g/mol. The second-order valence-corrected chi connectivity index (χ2v) is 8.90. The first-order valence-electron chi connectivity index (χ1n) is 6.60. The lowest BCUT2D eigenvalue weighted by Gasteiger charge is -2.14. The molecule has 0 N–H and O–H groups in total. The molecule has 0 aliphatic heterocycles. The summed E-state index contributed by atoms with van der Waals surface area (Å²) >= 11 is 8.28. The van der Waals surface area contributed by atoms with Gasteiger partial charge in [-0.1, -0.05) is 26.0 Å². The Labute approximate surface area is 145 Å². The third kappa shape index (κ3) is 4.18. The highest BCUT2D eigenvalue weighted by Crippen LogP contribution is 2.32. The molecule has 0 aliphatic rings. The summed E-state index contributed by atoms with van der Waals surface area (Å²) in [6.07, 6.45) is 0. The van der Waals surface area contributed by atoms with Crippen molar-refractivity contribution in [3.63, 3.8) is 0 Å². The van der Waals surface area contributed by atoms with Crippen LogP contribution in [0.4, 0.5) is 0 Å². The van der Waals surface area contributed by atoms with Crippen LogP contribution < -0.4 is 4.74 Å². The predicted octanol–water partition coefficient (Wildman–Crippen LogP) is 5.97. The first kappa shape index (κ1) is 16.7. The molecular weight excluding hydrogens is 416 g/mol. The Hall–Kier alpha value is -0.650. The van der Waals surface area contributed by atoms with Crippen molar-refractivity contribution in [2.45, 2.75) is 26.7 Å². The van der Waals surface area contributed by atoms with Gasteiger partial charge in [0.15, 0.2) is 6.61 Å². The van der Waals surface area contributed by atoms with Crippen molar-refractivity contribution >= 4 is 49.0 Å². The minimum absolute atomic E-state index is 0.0277. The van der Waals surface area contributed by atoms with Gasteiger partial charge >= 0.3 is 0 Å². The van der Waals surface area contributed by atoms with Crippen molar-refractivity contribution in [2.24, 2.45) is 0 Å². The summed E-state index contributed by atoms with van der Waals surface area (Å²) in [5.74, 6) is 1.13. The van der Waals surface area contributed by atoms with Crippen molar-refractivity contribution in [3.05, 3.63) is 48.5 Å². The van der Waals surface area contributed by atoms with Gasteiger partial charge in [0.1, 0.15) is 5.75 Å². The zero-order valence-corrected chi connectivity index (χ0v) is 16.1. The molecule has 0 saturated carbocycles. The number of hydrogen-bond acceptors (Lipinski definition) is 3. The summed E-state index contributed by atoms with van der Waals surface area (Å²) in [7, 11) is 0. The number of ether oxygens (including phenoxy) is 1. The van der Waals surface area contributed by atoms with E-state index in [-0.39, 0.29) is 12.4 Å². The van der Waals surface area contributed by atoms with Gasteiger partial charge in [-0.3, -0.25) is 4.79 Å². The molecule has 0 unspecified atom stereocenters. The van der Waals surface area contributed by atoms with Crippen molar-refractivity contribution in [2.75, 3.05) is 6.61 Å². The summed E-state index contributed by atoms with van der Waals surface area (Å²) in [5.41, 5.74) is 2.91. The molecule has 2 nitrogen and oxygen atoms in total. The van der Waals surface area contributed by atoms with Crippen LogP contribution in [0.25, 0.3) is 0 Å². The Bertz CT molecular complexity index is 662. The van der Waals surface area contributed by atoms with Gasteiger partial charge in [0.2, 0.25) is 5.78 Å². The fourth-order valence-corrected chi connectivity index (χ4v) is 4.85. The van der Waals surface area contributed by atoms with Crippen molar-refractivity contribution < 1.29 is 9.53 Å². The van der Waals surface area contributed by atoms with Crippen LogP contribution in [0.15, 0.2) is 31.8 Å².